The van der Waals surface area contributed by atoms with Crippen molar-refractivity contribution < 1.29 is 24.2 Å². The lowest BCUT2D eigenvalue weighted by atomic mass is 10.0. The SMILES string of the molecule is C=CC(=O)OCCCOc1c(O)cccc1C(=O)c1ccccc1. The number of ketones is 1. The molecule has 0 fully saturated rings. The molecule has 0 bridgehead atoms. The van der Waals surface area contributed by atoms with Gasteiger partial charge in [0.1, 0.15) is 0 Å². The number of hydrogen-bond acceptors (Lipinski definition) is 5. The van der Waals surface area contributed by atoms with Crippen molar-refractivity contribution in [2.75, 3.05) is 13.2 Å². The fourth-order valence-electron chi connectivity index (χ4n) is 2.07. The van der Waals surface area contributed by atoms with Crippen molar-refractivity contribution in [3.63, 3.8) is 0 Å². The highest BCUT2D eigenvalue weighted by Gasteiger charge is 2.17. The minimum absolute atomic E-state index is 0.111. The summed E-state index contributed by atoms with van der Waals surface area (Å²) in [4.78, 5) is 23.5. The Balaban J connectivity index is 2.06. The molecule has 0 amide bonds. The van der Waals surface area contributed by atoms with E-state index in [1.165, 1.54) is 6.07 Å². The van der Waals surface area contributed by atoms with Crippen molar-refractivity contribution in [3.8, 4) is 11.5 Å². The van der Waals surface area contributed by atoms with Crippen LogP contribution in [0.3, 0.4) is 0 Å². The second-order valence-electron chi connectivity index (χ2n) is 4.92. The summed E-state index contributed by atoms with van der Waals surface area (Å²) in [6, 6.07) is 13.4. The number of aromatic hydroxyl groups is 1. The lowest BCUT2D eigenvalue weighted by molar-refractivity contribution is -0.137. The number of para-hydroxylation sites is 1. The van der Waals surface area contributed by atoms with Gasteiger partial charge in [0, 0.05) is 18.1 Å². The number of rotatable bonds is 8. The third-order valence-electron chi connectivity index (χ3n) is 3.22. The largest absolute Gasteiger partial charge is 0.504 e. The quantitative estimate of drug-likeness (QED) is 0.349. The predicted octanol–water partition coefficient (Wildman–Crippen LogP) is 3.12. The molecule has 124 valence electrons. The van der Waals surface area contributed by atoms with E-state index in [2.05, 4.69) is 6.58 Å². The van der Waals surface area contributed by atoms with E-state index >= 15 is 0 Å². The summed E-state index contributed by atoms with van der Waals surface area (Å²) in [6.07, 6.45) is 1.51. The van der Waals surface area contributed by atoms with Gasteiger partial charge >= 0.3 is 5.97 Å². The van der Waals surface area contributed by atoms with Gasteiger partial charge in [-0.2, -0.15) is 0 Å². The first-order valence-electron chi connectivity index (χ1n) is 7.47. The monoisotopic (exact) mass is 326 g/mol. The van der Waals surface area contributed by atoms with Crippen LogP contribution >= 0.6 is 0 Å². The average Bonchev–Trinajstić information content (AvgIpc) is 2.62. The Bertz CT molecular complexity index is 722. The number of hydrogen-bond donors (Lipinski definition) is 1. The van der Waals surface area contributed by atoms with Crippen LogP contribution in [0.5, 0.6) is 11.5 Å². The van der Waals surface area contributed by atoms with Crippen LogP contribution in [0.1, 0.15) is 22.3 Å². The third-order valence-corrected chi connectivity index (χ3v) is 3.22. The molecule has 5 heteroatoms. The molecule has 0 aliphatic heterocycles. The highest BCUT2D eigenvalue weighted by molar-refractivity contribution is 6.11. The molecule has 1 N–H and O–H groups in total. The van der Waals surface area contributed by atoms with Crippen LogP contribution in [-0.4, -0.2) is 30.1 Å². The predicted molar refractivity (Wildman–Crippen MR) is 89.2 cm³/mol. The zero-order chi connectivity index (χ0) is 17.4. The van der Waals surface area contributed by atoms with E-state index in [1.54, 1.807) is 36.4 Å². The standard InChI is InChI=1S/C19H18O5/c1-2-17(21)23-12-7-13-24-19-15(10-6-11-16(19)20)18(22)14-8-4-3-5-9-14/h2-6,8-11,20H,1,7,12-13H2. The molecule has 5 nitrogen and oxygen atoms in total. The minimum atomic E-state index is -0.502. The van der Waals surface area contributed by atoms with Gasteiger partial charge in [0.25, 0.3) is 0 Å². The van der Waals surface area contributed by atoms with Gasteiger partial charge < -0.3 is 14.6 Å². The molecule has 0 aliphatic rings. The number of carbonyl (C=O) groups excluding carboxylic acids is 2. The number of benzene rings is 2. The van der Waals surface area contributed by atoms with Crippen LogP contribution in [-0.2, 0) is 9.53 Å². The van der Waals surface area contributed by atoms with E-state index in [4.69, 9.17) is 9.47 Å². The molecule has 0 aromatic heterocycles. The molecule has 0 unspecified atom stereocenters. The van der Waals surface area contributed by atoms with Gasteiger partial charge in [0.05, 0.1) is 18.8 Å². The molecule has 0 heterocycles. The van der Waals surface area contributed by atoms with Gasteiger partial charge in [0.2, 0.25) is 0 Å². The number of esters is 1. The van der Waals surface area contributed by atoms with E-state index in [0.29, 0.717) is 12.0 Å². The molecular formula is C19H18O5. The molecule has 0 atom stereocenters. The van der Waals surface area contributed by atoms with Gasteiger partial charge in [-0.25, -0.2) is 4.79 Å². The zero-order valence-corrected chi connectivity index (χ0v) is 13.1. The summed E-state index contributed by atoms with van der Waals surface area (Å²) in [5, 5.41) is 9.99. The average molecular weight is 326 g/mol. The Hall–Kier alpha value is -3.08. The van der Waals surface area contributed by atoms with E-state index in [-0.39, 0.29) is 36.1 Å². The number of phenolic OH excluding ortho intramolecular Hbond substituents is 1. The molecule has 2 aromatic rings. The number of ether oxygens (including phenoxy) is 2. The maximum atomic E-state index is 12.6. The topological polar surface area (TPSA) is 72.8 Å². The van der Waals surface area contributed by atoms with Crippen molar-refractivity contribution in [1.82, 2.24) is 0 Å². The van der Waals surface area contributed by atoms with Crippen LogP contribution in [0.4, 0.5) is 0 Å². The van der Waals surface area contributed by atoms with Gasteiger partial charge in [0.15, 0.2) is 17.3 Å². The first kappa shape index (κ1) is 17.3. The van der Waals surface area contributed by atoms with Crippen LogP contribution in [0, 0.1) is 0 Å². The normalized spacial score (nSPS) is 10.0. The molecule has 0 radical (unpaired) electrons. The van der Waals surface area contributed by atoms with Crippen LogP contribution in [0.15, 0.2) is 61.2 Å². The minimum Gasteiger partial charge on any atom is -0.504 e. The van der Waals surface area contributed by atoms with Crippen molar-refractivity contribution >= 4 is 11.8 Å². The Labute approximate surface area is 140 Å². The molecular weight excluding hydrogens is 308 g/mol. The second-order valence-corrected chi connectivity index (χ2v) is 4.92. The summed E-state index contributed by atoms with van der Waals surface area (Å²) < 4.78 is 10.4. The van der Waals surface area contributed by atoms with Crippen molar-refractivity contribution in [2.45, 2.75) is 6.42 Å². The lowest BCUT2D eigenvalue weighted by Gasteiger charge is -2.12. The molecule has 0 aliphatic carbocycles. The van der Waals surface area contributed by atoms with Crippen LogP contribution in [0.25, 0.3) is 0 Å². The second kappa shape index (κ2) is 8.53. The maximum Gasteiger partial charge on any atom is 0.330 e. The molecule has 24 heavy (non-hydrogen) atoms. The summed E-state index contributed by atoms with van der Waals surface area (Å²) in [6.45, 7) is 3.66. The maximum absolute atomic E-state index is 12.6. The Morgan fingerprint density at radius 1 is 1.04 bits per heavy atom. The number of phenols is 1. The highest BCUT2D eigenvalue weighted by atomic mass is 16.5. The van der Waals surface area contributed by atoms with Gasteiger partial charge in [-0.05, 0) is 12.1 Å². The summed E-state index contributed by atoms with van der Waals surface area (Å²) in [5.41, 5.74) is 0.789. The fourth-order valence-corrected chi connectivity index (χ4v) is 2.07. The third kappa shape index (κ3) is 4.46. The van der Waals surface area contributed by atoms with Gasteiger partial charge in [-0.3, -0.25) is 4.79 Å². The Kier molecular flexibility index (Phi) is 6.14. The Morgan fingerprint density at radius 2 is 1.79 bits per heavy atom. The molecule has 0 spiro atoms. The van der Waals surface area contributed by atoms with E-state index in [9.17, 15) is 14.7 Å². The zero-order valence-electron chi connectivity index (χ0n) is 13.1. The molecule has 2 aromatic carbocycles. The van der Waals surface area contributed by atoms with E-state index in [0.717, 1.165) is 6.08 Å². The highest BCUT2D eigenvalue weighted by Crippen LogP contribution is 2.31. The molecule has 0 saturated carbocycles. The van der Waals surface area contributed by atoms with Crippen LogP contribution < -0.4 is 4.74 Å². The summed E-state index contributed by atoms with van der Waals surface area (Å²) in [5.74, 6) is -0.724. The van der Waals surface area contributed by atoms with Crippen molar-refractivity contribution in [2.24, 2.45) is 0 Å². The lowest BCUT2D eigenvalue weighted by Crippen LogP contribution is -2.09. The van der Waals surface area contributed by atoms with Crippen molar-refractivity contribution in [3.05, 3.63) is 72.3 Å². The van der Waals surface area contributed by atoms with Gasteiger partial charge in [-0.1, -0.05) is 43.0 Å². The van der Waals surface area contributed by atoms with Crippen molar-refractivity contribution in [1.29, 1.82) is 0 Å². The first-order valence-corrected chi connectivity index (χ1v) is 7.47. The van der Waals surface area contributed by atoms with E-state index in [1.807, 2.05) is 6.07 Å². The molecule has 2 rings (SSSR count). The summed E-state index contributed by atoms with van der Waals surface area (Å²) >= 11 is 0. The molecule has 0 saturated heterocycles. The smallest absolute Gasteiger partial charge is 0.330 e. The van der Waals surface area contributed by atoms with Crippen LogP contribution in [0.2, 0.25) is 0 Å². The van der Waals surface area contributed by atoms with Gasteiger partial charge in [-0.15, -0.1) is 0 Å². The first-order chi connectivity index (χ1) is 11.6. The Morgan fingerprint density at radius 3 is 2.50 bits per heavy atom. The fraction of sp³-hybridized carbons (Fsp3) is 0.158. The van der Waals surface area contributed by atoms with E-state index < -0.39 is 5.97 Å². The summed E-state index contributed by atoms with van der Waals surface area (Å²) in [7, 11) is 0. The number of carbonyl (C=O) groups is 2.